The summed E-state index contributed by atoms with van der Waals surface area (Å²) in [5, 5.41) is 2.94. The summed E-state index contributed by atoms with van der Waals surface area (Å²) in [5.74, 6) is -0.207. The molecule has 126 valence electrons. The minimum absolute atomic E-state index is 0.0134. The van der Waals surface area contributed by atoms with Gasteiger partial charge in [0.1, 0.15) is 5.82 Å². The lowest BCUT2D eigenvalue weighted by Crippen LogP contribution is -2.53. The normalized spacial score (nSPS) is 16.7. The molecule has 1 fully saturated rings. The van der Waals surface area contributed by atoms with Crippen molar-refractivity contribution in [3.05, 3.63) is 60.4 Å². The highest BCUT2D eigenvalue weighted by Gasteiger charge is 2.26. The molecule has 0 saturated carbocycles. The number of benzene rings is 2. The average Bonchev–Trinajstić information content (AvgIpc) is 2.62. The number of rotatable bonds is 4. The van der Waals surface area contributed by atoms with Gasteiger partial charge >= 0.3 is 0 Å². The van der Waals surface area contributed by atoms with Gasteiger partial charge in [-0.05, 0) is 31.2 Å². The lowest BCUT2D eigenvalue weighted by Gasteiger charge is -2.38. The lowest BCUT2D eigenvalue weighted by atomic mass is 10.2. The summed E-state index contributed by atoms with van der Waals surface area (Å²) in [4.78, 5) is 16.6. The van der Waals surface area contributed by atoms with Gasteiger partial charge in [-0.2, -0.15) is 0 Å². The fourth-order valence-electron chi connectivity index (χ4n) is 2.99. The molecule has 0 aromatic heterocycles. The van der Waals surface area contributed by atoms with Crippen LogP contribution in [0.5, 0.6) is 0 Å². The summed E-state index contributed by atoms with van der Waals surface area (Å²) < 4.78 is 13.9. The molecule has 1 aliphatic rings. The minimum Gasteiger partial charge on any atom is -0.367 e. The molecule has 1 amide bonds. The van der Waals surface area contributed by atoms with E-state index >= 15 is 0 Å². The Morgan fingerprint density at radius 2 is 1.62 bits per heavy atom. The molecule has 0 spiro atoms. The van der Waals surface area contributed by atoms with Crippen molar-refractivity contribution in [3.63, 3.8) is 0 Å². The Labute approximate surface area is 141 Å². The SMILES string of the molecule is C[C@@H](C(=O)Nc1ccccc1)N1CCN(c2ccccc2F)CC1. The largest absolute Gasteiger partial charge is 0.367 e. The molecule has 0 aliphatic carbocycles. The van der Waals surface area contributed by atoms with Gasteiger partial charge in [-0.1, -0.05) is 30.3 Å². The number of para-hydroxylation sites is 2. The third-order valence-corrected chi connectivity index (χ3v) is 4.48. The van der Waals surface area contributed by atoms with E-state index in [9.17, 15) is 9.18 Å². The van der Waals surface area contributed by atoms with Crippen LogP contribution in [-0.4, -0.2) is 43.0 Å². The zero-order valence-electron chi connectivity index (χ0n) is 13.8. The van der Waals surface area contributed by atoms with Gasteiger partial charge in [0.2, 0.25) is 5.91 Å². The maximum Gasteiger partial charge on any atom is 0.241 e. The maximum absolute atomic E-state index is 13.9. The molecule has 1 N–H and O–H groups in total. The zero-order chi connectivity index (χ0) is 16.9. The molecule has 3 rings (SSSR count). The van der Waals surface area contributed by atoms with Crippen molar-refractivity contribution in [2.24, 2.45) is 0 Å². The second-order valence-electron chi connectivity index (χ2n) is 6.01. The van der Waals surface area contributed by atoms with Crippen LogP contribution in [-0.2, 0) is 4.79 Å². The van der Waals surface area contributed by atoms with Crippen LogP contribution in [0.3, 0.4) is 0 Å². The third kappa shape index (κ3) is 3.74. The summed E-state index contributed by atoms with van der Waals surface area (Å²) in [5.41, 5.74) is 1.44. The number of piperazine rings is 1. The van der Waals surface area contributed by atoms with Crippen LogP contribution in [0.25, 0.3) is 0 Å². The number of amides is 1. The minimum atomic E-state index is -0.215. The highest BCUT2D eigenvalue weighted by Crippen LogP contribution is 2.21. The first kappa shape index (κ1) is 16.5. The van der Waals surface area contributed by atoms with Crippen molar-refractivity contribution >= 4 is 17.3 Å². The van der Waals surface area contributed by atoms with Crippen LogP contribution in [0.15, 0.2) is 54.6 Å². The van der Waals surface area contributed by atoms with Gasteiger partial charge in [0.05, 0.1) is 11.7 Å². The van der Waals surface area contributed by atoms with Crippen molar-refractivity contribution in [1.82, 2.24) is 4.90 Å². The van der Waals surface area contributed by atoms with Crippen molar-refractivity contribution in [2.45, 2.75) is 13.0 Å². The van der Waals surface area contributed by atoms with E-state index < -0.39 is 0 Å². The molecule has 0 radical (unpaired) electrons. The molecule has 1 saturated heterocycles. The van der Waals surface area contributed by atoms with E-state index in [1.54, 1.807) is 12.1 Å². The number of anilines is 2. The summed E-state index contributed by atoms with van der Waals surface area (Å²) in [6.45, 7) is 4.81. The Morgan fingerprint density at radius 3 is 2.29 bits per heavy atom. The average molecular weight is 327 g/mol. The third-order valence-electron chi connectivity index (χ3n) is 4.48. The summed E-state index contributed by atoms with van der Waals surface area (Å²) >= 11 is 0. The predicted octanol–water partition coefficient (Wildman–Crippen LogP) is 2.97. The van der Waals surface area contributed by atoms with Crippen LogP contribution in [0, 0.1) is 5.82 Å². The number of hydrogen-bond acceptors (Lipinski definition) is 3. The van der Waals surface area contributed by atoms with Crippen LogP contribution in [0.1, 0.15) is 6.92 Å². The van der Waals surface area contributed by atoms with Crippen molar-refractivity contribution in [1.29, 1.82) is 0 Å². The molecular weight excluding hydrogens is 305 g/mol. The molecule has 0 bridgehead atoms. The Kier molecular flexibility index (Phi) is 5.11. The van der Waals surface area contributed by atoms with Crippen LogP contribution >= 0.6 is 0 Å². The first-order valence-electron chi connectivity index (χ1n) is 8.24. The van der Waals surface area contributed by atoms with Gasteiger partial charge in [0.15, 0.2) is 0 Å². The molecular formula is C19H22FN3O. The highest BCUT2D eigenvalue weighted by molar-refractivity contribution is 5.94. The molecule has 0 unspecified atom stereocenters. The first-order valence-corrected chi connectivity index (χ1v) is 8.24. The molecule has 1 heterocycles. The van der Waals surface area contributed by atoms with Gasteiger partial charge in [-0.25, -0.2) is 4.39 Å². The van der Waals surface area contributed by atoms with E-state index in [2.05, 4.69) is 10.2 Å². The topological polar surface area (TPSA) is 35.6 Å². The van der Waals surface area contributed by atoms with E-state index in [0.717, 1.165) is 18.8 Å². The predicted molar refractivity (Wildman–Crippen MR) is 94.7 cm³/mol. The van der Waals surface area contributed by atoms with Crippen LogP contribution in [0.4, 0.5) is 15.8 Å². The van der Waals surface area contributed by atoms with E-state index in [1.807, 2.05) is 48.2 Å². The smallest absolute Gasteiger partial charge is 0.241 e. The van der Waals surface area contributed by atoms with Gasteiger partial charge in [0.25, 0.3) is 0 Å². The molecule has 24 heavy (non-hydrogen) atoms. The second kappa shape index (κ2) is 7.45. The van der Waals surface area contributed by atoms with E-state index in [0.29, 0.717) is 18.8 Å². The fraction of sp³-hybridized carbons (Fsp3) is 0.316. The number of carbonyl (C=O) groups is 1. The Hall–Kier alpha value is -2.40. The maximum atomic E-state index is 13.9. The van der Waals surface area contributed by atoms with Crippen molar-refractivity contribution in [3.8, 4) is 0 Å². The van der Waals surface area contributed by atoms with Gasteiger partial charge in [-0.3, -0.25) is 9.69 Å². The summed E-state index contributed by atoms with van der Waals surface area (Å²) in [6, 6.07) is 16.1. The van der Waals surface area contributed by atoms with E-state index in [4.69, 9.17) is 0 Å². The monoisotopic (exact) mass is 327 g/mol. The van der Waals surface area contributed by atoms with Crippen LogP contribution in [0.2, 0.25) is 0 Å². The lowest BCUT2D eigenvalue weighted by molar-refractivity contribution is -0.120. The Morgan fingerprint density at radius 1 is 1.00 bits per heavy atom. The van der Waals surface area contributed by atoms with Gasteiger partial charge in [-0.15, -0.1) is 0 Å². The molecule has 5 heteroatoms. The number of carbonyl (C=O) groups excluding carboxylic acids is 1. The van der Waals surface area contributed by atoms with E-state index in [-0.39, 0.29) is 17.8 Å². The fourth-order valence-corrected chi connectivity index (χ4v) is 2.99. The molecule has 2 aromatic carbocycles. The number of nitrogens with zero attached hydrogens (tertiary/aromatic N) is 2. The molecule has 1 atom stereocenters. The summed E-state index contributed by atoms with van der Waals surface area (Å²) in [6.07, 6.45) is 0. The highest BCUT2D eigenvalue weighted by atomic mass is 19.1. The van der Waals surface area contributed by atoms with Crippen LogP contribution < -0.4 is 10.2 Å². The number of nitrogens with one attached hydrogen (secondary N) is 1. The Balaban J connectivity index is 1.56. The molecule has 2 aromatic rings. The Bertz CT molecular complexity index is 684. The standard InChI is InChI=1S/C19H22FN3O/c1-15(19(24)21-16-7-3-2-4-8-16)22-11-13-23(14-12-22)18-10-6-5-9-17(18)20/h2-10,15H,11-14H2,1H3,(H,21,24)/t15-/m0/s1. The number of halogens is 1. The van der Waals surface area contributed by atoms with Crippen molar-refractivity contribution < 1.29 is 9.18 Å². The first-order chi connectivity index (χ1) is 11.6. The van der Waals surface area contributed by atoms with Gasteiger partial charge in [0, 0.05) is 31.9 Å². The van der Waals surface area contributed by atoms with E-state index in [1.165, 1.54) is 6.07 Å². The second-order valence-corrected chi connectivity index (χ2v) is 6.01. The summed E-state index contributed by atoms with van der Waals surface area (Å²) in [7, 11) is 0. The zero-order valence-corrected chi connectivity index (χ0v) is 13.8. The molecule has 4 nitrogen and oxygen atoms in total. The van der Waals surface area contributed by atoms with Gasteiger partial charge < -0.3 is 10.2 Å². The van der Waals surface area contributed by atoms with Crippen molar-refractivity contribution in [2.75, 3.05) is 36.4 Å². The molecule has 1 aliphatic heterocycles. The number of hydrogen-bond donors (Lipinski definition) is 1. The quantitative estimate of drug-likeness (QED) is 0.938.